The summed E-state index contributed by atoms with van der Waals surface area (Å²) in [5.41, 5.74) is 18.6. The maximum atomic E-state index is 2.53. The Balaban J connectivity index is 1.11. The fourth-order valence-corrected chi connectivity index (χ4v) is 11.1. The van der Waals surface area contributed by atoms with E-state index in [0.29, 0.717) is 0 Å². The van der Waals surface area contributed by atoms with Crippen molar-refractivity contribution in [2.24, 2.45) is 0 Å². The second kappa shape index (κ2) is 14.8. The Kier molecular flexibility index (Phi) is 8.47. The van der Waals surface area contributed by atoms with Crippen LogP contribution in [-0.2, 0) is 5.41 Å². The third-order valence-electron chi connectivity index (χ3n) is 13.8. The average Bonchev–Trinajstić information content (AvgIpc) is 3.67. The second-order valence-electron chi connectivity index (χ2n) is 17.2. The summed E-state index contributed by atoms with van der Waals surface area (Å²) in [6.45, 7) is 0. The van der Waals surface area contributed by atoms with Crippen molar-refractivity contribution < 1.29 is 0 Å². The van der Waals surface area contributed by atoms with Crippen LogP contribution in [0.4, 0.5) is 34.1 Å². The van der Waals surface area contributed by atoms with Crippen molar-refractivity contribution in [1.82, 2.24) is 0 Å². The molecule has 0 saturated heterocycles. The smallest absolute Gasteiger partial charge is 0.0755 e. The Morgan fingerprint density at radius 1 is 0.308 bits per heavy atom. The third-order valence-corrected chi connectivity index (χ3v) is 13.8. The molecular weight excluding hydrogens is 785 g/mol. The molecule has 11 aromatic rings. The first kappa shape index (κ1) is 37.1. The molecule has 13 rings (SSSR count). The molecule has 1 aliphatic heterocycles. The molecular formula is C63H42N2. The Morgan fingerprint density at radius 2 is 0.862 bits per heavy atom. The van der Waals surface area contributed by atoms with Crippen molar-refractivity contribution in [3.63, 3.8) is 0 Å². The third kappa shape index (κ3) is 5.60. The van der Waals surface area contributed by atoms with Crippen LogP contribution in [0.15, 0.2) is 255 Å². The first-order valence-electron chi connectivity index (χ1n) is 22.5. The highest BCUT2D eigenvalue weighted by Gasteiger charge is 2.51. The molecule has 2 heteroatoms. The van der Waals surface area contributed by atoms with Crippen LogP contribution in [0, 0.1) is 0 Å². The van der Waals surface area contributed by atoms with Gasteiger partial charge in [-0.05, 0) is 121 Å². The lowest BCUT2D eigenvalue weighted by atomic mass is 9.64. The average molecular weight is 827 g/mol. The number of hydrogen-bond donors (Lipinski definition) is 0. The molecule has 65 heavy (non-hydrogen) atoms. The molecule has 0 N–H and O–H groups in total. The van der Waals surface area contributed by atoms with E-state index >= 15 is 0 Å². The molecule has 1 heterocycles. The normalized spacial score (nSPS) is 13.0. The van der Waals surface area contributed by atoms with Gasteiger partial charge in [-0.25, -0.2) is 0 Å². The minimum atomic E-state index is -0.596. The van der Waals surface area contributed by atoms with E-state index < -0.39 is 5.41 Å². The maximum Gasteiger partial charge on any atom is 0.0755 e. The summed E-state index contributed by atoms with van der Waals surface area (Å²) in [5, 5.41) is 4.88. The number of rotatable bonds is 6. The van der Waals surface area contributed by atoms with Gasteiger partial charge in [-0.15, -0.1) is 0 Å². The summed E-state index contributed by atoms with van der Waals surface area (Å²) < 4.78 is 0. The largest absolute Gasteiger partial charge is 0.310 e. The molecule has 1 aliphatic carbocycles. The topological polar surface area (TPSA) is 6.48 Å². The highest BCUT2D eigenvalue weighted by atomic mass is 15.2. The van der Waals surface area contributed by atoms with E-state index in [1.54, 1.807) is 0 Å². The first-order chi connectivity index (χ1) is 32.3. The molecule has 11 aromatic carbocycles. The predicted octanol–water partition coefficient (Wildman–Crippen LogP) is 16.9. The Bertz CT molecular complexity index is 3580. The van der Waals surface area contributed by atoms with Gasteiger partial charge in [0, 0.05) is 22.3 Å². The van der Waals surface area contributed by atoms with Crippen LogP contribution in [-0.4, -0.2) is 0 Å². The van der Waals surface area contributed by atoms with Gasteiger partial charge >= 0.3 is 0 Å². The lowest BCUT2D eigenvalue weighted by Gasteiger charge is -2.45. The lowest BCUT2D eigenvalue weighted by Crippen LogP contribution is -2.36. The van der Waals surface area contributed by atoms with Gasteiger partial charge in [0.2, 0.25) is 0 Å². The SMILES string of the molecule is c1ccc(-c2cccc(-c3ccccc3N(c3ccc4c(c3)C3(c5ccccc5-4)c4ccccc4N(c4ccccc4)c4ccccc43)c3cc4ccccc4c4ccccc34)c2)cc1. The monoisotopic (exact) mass is 826 g/mol. The highest BCUT2D eigenvalue weighted by molar-refractivity contribution is 6.15. The molecule has 1 spiro atoms. The molecule has 0 unspecified atom stereocenters. The number of para-hydroxylation sites is 4. The van der Waals surface area contributed by atoms with E-state index in [1.807, 2.05) is 0 Å². The number of fused-ring (bicyclic) bond motifs is 12. The highest BCUT2D eigenvalue weighted by Crippen LogP contribution is 2.64. The predicted molar refractivity (Wildman–Crippen MR) is 273 cm³/mol. The molecule has 0 aromatic heterocycles. The van der Waals surface area contributed by atoms with Crippen molar-refractivity contribution in [2.45, 2.75) is 5.41 Å². The number of nitrogens with zero attached hydrogens (tertiary/aromatic N) is 2. The zero-order chi connectivity index (χ0) is 42.9. The molecule has 2 aliphatic rings. The minimum absolute atomic E-state index is 0.596. The minimum Gasteiger partial charge on any atom is -0.310 e. The van der Waals surface area contributed by atoms with Crippen LogP contribution in [0.25, 0.3) is 54.9 Å². The Hall–Kier alpha value is -8.46. The van der Waals surface area contributed by atoms with Gasteiger partial charge in [0.1, 0.15) is 0 Å². The van der Waals surface area contributed by atoms with Crippen molar-refractivity contribution in [1.29, 1.82) is 0 Å². The van der Waals surface area contributed by atoms with Gasteiger partial charge in [0.05, 0.1) is 28.2 Å². The molecule has 0 saturated carbocycles. The molecule has 2 nitrogen and oxygen atoms in total. The van der Waals surface area contributed by atoms with Crippen molar-refractivity contribution >= 4 is 55.7 Å². The summed E-state index contributed by atoms with van der Waals surface area (Å²) in [5.74, 6) is 0. The summed E-state index contributed by atoms with van der Waals surface area (Å²) >= 11 is 0. The van der Waals surface area contributed by atoms with E-state index in [0.717, 1.165) is 28.3 Å². The maximum absolute atomic E-state index is 2.53. The van der Waals surface area contributed by atoms with Gasteiger partial charge in [-0.3, -0.25) is 0 Å². The van der Waals surface area contributed by atoms with Gasteiger partial charge in [-0.1, -0.05) is 200 Å². The first-order valence-corrected chi connectivity index (χ1v) is 22.5. The quantitative estimate of drug-likeness (QED) is 0.154. The Labute approximate surface area is 379 Å². The van der Waals surface area contributed by atoms with E-state index in [1.165, 1.54) is 83.0 Å². The zero-order valence-electron chi connectivity index (χ0n) is 35.6. The number of hydrogen-bond acceptors (Lipinski definition) is 2. The molecule has 0 amide bonds. The molecule has 0 bridgehead atoms. The van der Waals surface area contributed by atoms with Crippen LogP contribution in [0.5, 0.6) is 0 Å². The van der Waals surface area contributed by atoms with Crippen molar-refractivity contribution in [3.8, 4) is 33.4 Å². The van der Waals surface area contributed by atoms with Crippen LogP contribution in [0.2, 0.25) is 0 Å². The molecule has 0 atom stereocenters. The number of benzene rings is 11. The van der Waals surface area contributed by atoms with E-state index in [2.05, 4.69) is 265 Å². The second-order valence-corrected chi connectivity index (χ2v) is 17.2. The lowest BCUT2D eigenvalue weighted by molar-refractivity contribution is 0.752. The Morgan fingerprint density at radius 3 is 1.63 bits per heavy atom. The van der Waals surface area contributed by atoms with Gasteiger partial charge in [0.25, 0.3) is 0 Å². The fourth-order valence-electron chi connectivity index (χ4n) is 11.1. The van der Waals surface area contributed by atoms with E-state index in [9.17, 15) is 0 Å². The summed E-state index contributed by atoms with van der Waals surface area (Å²) in [4.78, 5) is 4.99. The van der Waals surface area contributed by atoms with Crippen molar-refractivity contribution in [2.75, 3.05) is 9.80 Å². The van der Waals surface area contributed by atoms with Gasteiger partial charge < -0.3 is 9.80 Å². The molecule has 304 valence electrons. The summed E-state index contributed by atoms with van der Waals surface area (Å²) in [7, 11) is 0. The van der Waals surface area contributed by atoms with Crippen LogP contribution in [0.1, 0.15) is 22.3 Å². The van der Waals surface area contributed by atoms with Gasteiger partial charge in [0.15, 0.2) is 0 Å². The van der Waals surface area contributed by atoms with Crippen LogP contribution in [0.3, 0.4) is 0 Å². The van der Waals surface area contributed by atoms with Crippen molar-refractivity contribution in [3.05, 3.63) is 277 Å². The van der Waals surface area contributed by atoms with Crippen LogP contribution < -0.4 is 9.80 Å². The number of anilines is 6. The standard InChI is InChI=1S/C63H42N2/c1-3-20-43(21-4-1)44-23-19-24-45(40-44)50-28-12-16-35-59(50)65(62-41-46-22-7-8-27-49(46)51-29-9-10-31-54(51)62)48-38-39-53-52-30-11-13-32-55(52)63(58(53)42-48)56-33-14-17-36-60(56)64(47-25-5-2-6-26-47)61-37-18-15-34-57(61)63/h1-42H. The van der Waals surface area contributed by atoms with E-state index in [4.69, 9.17) is 0 Å². The van der Waals surface area contributed by atoms with Crippen LogP contribution >= 0.6 is 0 Å². The van der Waals surface area contributed by atoms with E-state index in [-0.39, 0.29) is 0 Å². The van der Waals surface area contributed by atoms with Gasteiger partial charge in [-0.2, -0.15) is 0 Å². The fraction of sp³-hybridized carbons (Fsp3) is 0.0159. The molecule has 0 fully saturated rings. The zero-order valence-corrected chi connectivity index (χ0v) is 35.6. The molecule has 0 radical (unpaired) electrons. The summed E-state index contributed by atoms with van der Waals surface area (Å²) in [6, 6.07) is 94.1. The summed E-state index contributed by atoms with van der Waals surface area (Å²) in [6.07, 6.45) is 0.